The molecule has 2 aromatic rings. The van der Waals surface area contributed by atoms with Gasteiger partial charge in [0.2, 0.25) is 0 Å². The number of fused-ring (bicyclic) bond motifs is 2. The summed E-state index contributed by atoms with van der Waals surface area (Å²) in [7, 11) is 0. The fraction of sp³-hybridized carbons (Fsp3) is 0.682. The van der Waals surface area contributed by atoms with Crippen LogP contribution in [0.1, 0.15) is 69.3 Å². The first-order valence-electron chi connectivity index (χ1n) is 10.5. The Labute approximate surface area is 154 Å². The number of benzene rings is 1. The second-order valence-corrected chi connectivity index (χ2v) is 9.78. The normalized spacial score (nSPS) is 35.8. The lowest BCUT2D eigenvalue weighted by molar-refractivity contribution is -0.00384. The molecule has 26 heavy (non-hydrogen) atoms. The molecule has 5 saturated carbocycles. The Morgan fingerprint density at radius 2 is 1.77 bits per heavy atom. The average molecular weight is 352 g/mol. The minimum atomic E-state index is 0.420. The molecule has 138 valence electrons. The molecule has 0 saturated heterocycles. The summed E-state index contributed by atoms with van der Waals surface area (Å²) in [6, 6.07) is 4.21. The highest BCUT2D eigenvalue weighted by Crippen LogP contribution is 2.58. The van der Waals surface area contributed by atoms with Crippen molar-refractivity contribution in [3.05, 3.63) is 17.7 Å². The molecule has 2 unspecified atom stereocenters. The summed E-state index contributed by atoms with van der Waals surface area (Å²) in [5, 5.41) is 4.87. The van der Waals surface area contributed by atoms with E-state index >= 15 is 0 Å². The molecule has 1 heterocycles. The van der Waals surface area contributed by atoms with Gasteiger partial charge in [0.15, 0.2) is 11.4 Å². The molecule has 4 heteroatoms. The number of hydrogen-bond acceptors (Lipinski definition) is 4. The number of nitrogen functional groups attached to an aromatic ring is 1. The number of ether oxygens (including phenoxy) is 1. The van der Waals surface area contributed by atoms with Gasteiger partial charge in [0.1, 0.15) is 5.75 Å². The molecule has 4 bridgehead atoms. The molecule has 2 atom stereocenters. The van der Waals surface area contributed by atoms with Crippen LogP contribution in [-0.2, 0) is 0 Å². The van der Waals surface area contributed by atoms with E-state index in [2.05, 4.69) is 11.2 Å². The van der Waals surface area contributed by atoms with Gasteiger partial charge in [0, 0.05) is 11.5 Å². The zero-order valence-electron chi connectivity index (χ0n) is 15.4. The lowest BCUT2D eigenvalue weighted by Gasteiger charge is -2.48. The Morgan fingerprint density at radius 1 is 1.04 bits per heavy atom. The van der Waals surface area contributed by atoms with E-state index in [-0.39, 0.29) is 0 Å². The summed E-state index contributed by atoms with van der Waals surface area (Å²) in [6.07, 6.45) is 12.5. The van der Waals surface area contributed by atoms with Crippen molar-refractivity contribution in [3.8, 4) is 5.75 Å². The van der Waals surface area contributed by atoms with Crippen LogP contribution >= 0.6 is 0 Å². The van der Waals surface area contributed by atoms with Gasteiger partial charge in [-0.2, -0.15) is 0 Å². The summed E-state index contributed by atoms with van der Waals surface area (Å²) in [6.45, 7) is 0.880. The lowest BCUT2D eigenvalue weighted by atomic mass is 9.59. The highest BCUT2D eigenvalue weighted by molar-refractivity contribution is 5.89. The molecule has 0 amide bonds. The van der Waals surface area contributed by atoms with Crippen molar-refractivity contribution in [2.75, 3.05) is 12.3 Å². The Morgan fingerprint density at radius 3 is 2.50 bits per heavy atom. The molecule has 7 rings (SSSR count). The highest BCUT2D eigenvalue weighted by Gasteiger charge is 2.49. The van der Waals surface area contributed by atoms with E-state index < -0.39 is 0 Å². The summed E-state index contributed by atoms with van der Waals surface area (Å²) in [4.78, 5) is 0. The zero-order valence-corrected chi connectivity index (χ0v) is 15.4. The third kappa shape index (κ3) is 2.44. The standard InChI is InChI=1S/C22H28N2O2/c23-21-18-7-17(16-3-4-16)19(8-20(18)26-24-21)25-12-22-9-13-1-2-14(10-22)6-15(5-13)11-22/h7-8,13-16H,1-6,9-12H2,(H2,23,24). The molecular formula is C22H28N2O2. The second kappa shape index (κ2) is 5.40. The smallest absolute Gasteiger partial charge is 0.174 e. The van der Waals surface area contributed by atoms with Crippen molar-refractivity contribution in [2.45, 2.75) is 63.7 Å². The molecule has 0 aliphatic heterocycles. The fourth-order valence-electron chi connectivity index (χ4n) is 6.62. The maximum absolute atomic E-state index is 6.57. The minimum absolute atomic E-state index is 0.420. The Balaban J connectivity index is 1.31. The van der Waals surface area contributed by atoms with Gasteiger partial charge in [-0.15, -0.1) is 0 Å². The summed E-state index contributed by atoms with van der Waals surface area (Å²) in [5.41, 5.74) is 8.45. The van der Waals surface area contributed by atoms with Gasteiger partial charge in [0.25, 0.3) is 0 Å². The van der Waals surface area contributed by atoms with Crippen LogP contribution in [0.5, 0.6) is 5.75 Å². The summed E-state index contributed by atoms with van der Waals surface area (Å²) < 4.78 is 12.0. The number of aromatic nitrogens is 1. The molecule has 4 nitrogen and oxygen atoms in total. The predicted octanol–water partition coefficient (Wildman–Crippen LogP) is 5.27. The van der Waals surface area contributed by atoms with Crippen LogP contribution in [0.25, 0.3) is 11.0 Å². The first kappa shape index (κ1) is 15.4. The van der Waals surface area contributed by atoms with Crippen LogP contribution in [0, 0.1) is 23.2 Å². The first-order valence-corrected chi connectivity index (χ1v) is 10.5. The van der Waals surface area contributed by atoms with Gasteiger partial charge in [-0.1, -0.05) is 18.0 Å². The summed E-state index contributed by atoms with van der Waals surface area (Å²) in [5.74, 6) is 4.99. The largest absolute Gasteiger partial charge is 0.493 e. The summed E-state index contributed by atoms with van der Waals surface area (Å²) >= 11 is 0. The third-order valence-electron chi connectivity index (χ3n) is 7.66. The first-order chi connectivity index (χ1) is 12.7. The van der Waals surface area contributed by atoms with Crippen LogP contribution in [0.15, 0.2) is 16.7 Å². The molecule has 0 radical (unpaired) electrons. The van der Waals surface area contributed by atoms with Gasteiger partial charge in [-0.25, -0.2) is 0 Å². The molecule has 5 fully saturated rings. The molecule has 5 aliphatic carbocycles. The Hall–Kier alpha value is -1.71. The van der Waals surface area contributed by atoms with Gasteiger partial charge in [0.05, 0.1) is 12.0 Å². The van der Waals surface area contributed by atoms with Gasteiger partial charge >= 0.3 is 0 Å². The van der Waals surface area contributed by atoms with Crippen molar-refractivity contribution in [2.24, 2.45) is 23.2 Å². The van der Waals surface area contributed by atoms with E-state index in [0.717, 1.165) is 41.1 Å². The van der Waals surface area contributed by atoms with Crippen LogP contribution < -0.4 is 10.5 Å². The Kier molecular flexibility index (Phi) is 3.19. The third-order valence-corrected chi connectivity index (χ3v) is 7.66. The molecule has 1 aromatic carbocycles. The fourth-order valence-corrected chi connectivity index (χ4v) is 6.62. The molecule has 2 N–H and O–H groups in total. The van der Waals surface area contributed by atoms with E-state index in [1.807, 2.05) is 6.07 Å². The van der Waals surface area contributed by atoms with Crippen LogP contribution in [0.4, 0.5) is 5.82 Å². The number of hydrogen-bond donors (Lipinski definition) is 1. The molecule has 0 spiro atoms. The van der Waals surface area contributed by atoms with E-state index in [9.17, 15) is 0 Å². The highest BCUT2D eigenvalue weighted by atomic mass is 16.5. The lowest BCUT2D eigenvalue weighted by Crippen LogP contribution is -2.41. The van der Waals surface area contributed by atoms with Crippen molar-refractivity contribution >= 4 is 16.8 Å². The van der Waals surface area contributed by atoms with Gasteiger partial charge in [-0.3, -0.25) is 0 Å². The van der Waals surface area contributed by atoms with Crippen LogP contribution in [-0.4, -0.2) is 11.8 Å². The maximum atomic E-state index is 6.57. The molecular weight excluding hydrogens is 324 g/mol. The van der Waals surface area contributed by atoms with E-state index in [0.29, 0.717) is 17.2 Å². The van der Waals surface area contributed by atoms with E-state index in [4.69, 9.17) is 15.0 Å². The monoisotopic (exact) mass is 352 g/mol. The van der Waals surface area contributed by atoms with Crippen molar-refractivity contribution in [1.82, 2.24) is 5.16 Å². The SMILES string of the molecule is Nc1noc2cc(OCC34CC5CCC(CC(C5)C3)C4)c(C3CC3)cc12. The van der Waals surface area contributed by atoms with Crippen molar-refractivity contribution < 1.29 is 9.26 Å². The van der Waals surface area contributed by atoms with Crippen molar-refractivity contribution in [3.63, 3.8) is 0 Å². The number of nitrogens with two attached hydrogens (primary N) is 1. The number of anilines is 1. The zero-order chi connectivity index (χ0) is 17.3. The van der Waals surface area contributed by atoms with Crippen LogP contribution in [0.2, 0.25) is 0 Å². The molecule has 1 aromatic heterocycles. The van der Waals surface area contributed by atoms with Gasteiger partial charge in [-0.05, 0) is 80.2 Å². The van der Waals surface area contributed by atoms with Crippen LogP contribution in [0.3, 0.4) is 0 Å². The maximum Gasteiger partial charge on any atom is 0.174 e. The quantitative estimate of drug-likeness (QED) is 0.814. The number of nitrogens with zero attached hydrogens (tertiary/aromatic N) is 1. The molecule has 5 aliphatic rings. The second-order valence-electron chi connectivity index (χ2n) is 9.78. The minimum Gasteiger partial charge on any atom is -0.493 e. The topological polar surface area (TPSA) is 61.3 Å². The van der Waals surface area contributed by atoms with Crippen molar-refractivity contribution in [1.29, 1.82) is 0 Å². The average Bonchev–Trinajstić information content (AvgIpc) is 3.43. The van der Waals surface area contributed by atoms with Gasteiger partial charge < -0.3 is 15.0 Å². The number of rotatable bonds is 4. The Bertz CT molecular complexity index is 837. The van der Waals surface area contributed by atoms with E-state index in [1.54, 1.807) is 0 Å². The predicted molar refractivity (Wildman–Crippen MR) is 101 cm³/mol. The van der Waals surface area contributed by atoms with E-state index in [1.165, 1.54) is 63.4 Å².